The number of hydrogen-bond donors (Lipinski definition) is 2. The van der Waals surface area contributed by atoms with Gasteiger partial charge in [0, 0.05) is 19.1 Å². The highest BCUT2D eigenvalue weighted by atomic mass is 35.5. The highest BCUT2D eigenvalue weighted by Gasteiger charge is 2.20. The van der Waals surface area contributed by atoms with Crippen molar-refractivity contribution in [3.8, 4) is 0 Å². The molecule has 1 aliphatic heterocycles. The number of carbonyl (C=O) groups excluding carboxylic acids is 1. The van der Waals surface area contributed by atoms with E-state index in [1.165, 1.54) is 6.42 Å². The molecule has 0 aliphatic carbocycles. The summed E-state index contributed by atoms with van der Waals surface area (Å²) in [7, 11) is 1.98. The molecule has 122 valence electrons. The molecule has 0 saturated carbocycles. The van der Waals surface area contributed by atoms with Gasteiger partial charge in [-0.25, -0.2) is 0 Å². The lowest BCUT2D eigenvalue weighted by molar-refractivity contribution is -0.122. The molecule has 1 unspecified atom stereocenters. The zero-order valence-corrected chi connectivity index (χ0v) is 14.4. The molecular formula is C16H23Cl2N3O. The Balaban J connectivity index is 1.72. The van der Waals surface area contributed by atoms with Crippen molar-refractivity contribution in [2.24, 2.45) is 0 Å². The van der Waals surface area contributed by atoms with E-state index in [0.717, 1.165) is 25.1 Å². The van der Waals surface area contributed by atoms with Gasteiger partial charge in [0.25, 0.3) is 0 Å². The van der Waals surface area contributed by atoms with Gasteiger partial charge < -0.3 is 10.6 Å². The molecule has 2 N–H and O–H groups in total. The minimum absolute atomic E-state index is 0.0647. The number of amides is 1. The molecule has 1 amide bonds. The van der Waals surface area contributed by atoms with Gasteiger partial charge in [-0.2, -0.15) is 0 Å². The molecule has 1 saturated heterocycles. The molecule has 0 spiro atoms. The highest BCUT2D eigenvalue weighted by molar-refractivity contribution is 6.42. The van der Waals surface area contributed by atoms with E-state index in [4.69, 9.17) is 23.2 Å². The summed E-state index contributed by atoms with van der Waals surface area (Å²) in [6.45, 7) is 2.96. The molecule has 6 heteroatoms. The SMILES string of the molecule is CNC1CCCN(CC(=O)NCCc2cccc(Cl)c2Cl)C1. The fraction of sp³-hybridized carbons (Fsp3) is 0.562. The van der Waals surface area contributed by atoms with Crippen LogP contribution in [0.2, 0.25) is 10.0 Å². The van der Waals surface area contributed by atoms with E-state index in [0.29, 0.717) is 35.6 Å². The van der Waals surface area contributed by atoms with Crippen LogP contribution in [0.3, 0.4) is 0 Å². The number of halogens is 2. The third-order valence-corrected chi connectivity index (χ3v) is 4.89. The monoisotopic (exact) mass is 343 g/mol. The summed E-state index contributed by atoms with van der Waals surface area (Å²) < 4.78 is 0. The molecule has 2 rings (SSSR count). The molecule has 1 fully saturated rings. The predicted octanol–water partition coefficient (Wildman–Crippen LogP) is 2.34. The normalized spacial score (nSPS) is 19.1. The second kappa shape index (κ2) is 8.73. The van der Waals surface area contributed by atoms with Crippen molar-refractivity contribution in [3.63, 3.8) is 0 Å². The predicted molar refractivity (Wildman–Crippen MR) is 91.7 cm³/mol. The Bertz CT molecular complexity index is 510. The number of likely N-dealkylation sites (N-methyl/N-ethyl adjacent to an activating group) is 1. The first kappa shape index (κ1) is 17.5. The molecule has 1 atom stereocenters. The van der Waals surface area contributed by atoms with Crippen LogP contribution in [-0.2, 0) is 11.2 Å². The molecule has 1 aliphatic rings. The van der Waals surface area contributed by atoms with E-state index < -0.39 is 0 Å². The summed E-state index contributed by atoms with van der Waals surface area (Å²) in [5.74, 6) is 0.0647. The van der Waals surface area contributed by atoms with Crippen molar-refractivity contribution in [3.05, 3.63) is 33.8 Å². The van der Waals surface area contributed by atoms with Gasteiger partial charge in [0.05, 0.1) is 16.6 Å². The molecule has 4 nitrogen and oxygen atoms in total. The van der Waals surface area contributed by atoms with Crippen LogP contribution < -0.4 is 10.6 Å². The van der Waals surface area contributed by atoms with Crippen molar-refractivity contribution in [2.75, 3.05) is 33.2 Å². The molecule has 1 heterocycles. The van der Waals surface area contributed by atoms with Gasteiger partial charge in [0.15, 0.2) is 0 Å². The quantitative estimate of drug-likeness (QED) is 0.833. The van der Waals surface area contributed by atoms with Crippen molar-refractivity contribution in [1.82, 2.24) is 15.5 Å². The zero-order chi connectivity index (χ0) is 15.9. The van der Waals surface area contributed by atoms with Crippen molar-refractivity contribution < 1.29 is 4.79 Å². The van der Waals surface area contributed by atoms with Gasteiger partial charge in [0.2, 0.25) is 5.91 Å². The van der Waals surface area contributed by atoms with Gasteiger partial charge in [-0.05, 0) is 44.5 Å². The molecule has 0 bridgehead atoms. The molecule has 1 aromatic carbocycles. The van der Waals surface area contributed by atoms with E-state index >= 15 is 0 Å². The van der Waals surface area contributed by atoms with Crippen LogP contribution in [0.4, 0.5) is 0 Å². The van der Waals surface area contributed by atoms with Gasteiger partial charge in [-0.3, -0.25) is 9.69 Å². The van der Waals surface area contributed by atoms with Gasteiger partial charge in [0.1, 0.15) is 0 Å². The van der Waals surface area contributed by atoms with Crippen LogP contribution >= 0.6 is 23.2 Å². The lowest BCUT2D eigenvalue weighted by Gasteiger charge is -2.31. The number of carbonyl (C=O) groups is 1. The Hall–Kier alpha value is -0.810. The second-order valence-corrected chi connectivity index (χ2v) is 6.46. The fourth-order valence-electron chi connectivity index (χ4n) is 2.77. The van der Waals surface area contributed by atoms with E-state index in [1.54, 1.807) is 6.07 Å². The summed E-state index contributed by atoms with van der Waals surface area (Å²) in [5.41, 5.74) is 0.961. The minimum Gasteiger partial charge on any atom is -0.355 e. The van der Waals surface area contributed by atoms with Crippen LogP contribution in [0.5, 0.6) is 0 Å². The molecular weight excluding hydrogens is 321 g/mol. The molecule has 0 radical (unpaired) electrons. The topological polar surface area (TPSA) is 44.4 Å². The summed E-state index contributed by atoms with van der Waals surface area (Å²) in [6, 6.07) is 6.06. The van der Waals surface area contributed by atoms with Gasteiger partial charge >= 0.3 is 0 Å². The first-order valence-electron chi connectivity index (χ1n) is 7.69. The summed E-state index contributed by atoms with van der Waals surface area (Å²) in [6.07, 6.45) is 3.00. The largest absolute Gasteiger partial charge is 0.355 e. The molecule has 1 aromatic rings. The standard InChI is InChI=1S/C16H23Cl2N3O/c1-19-13-5-3-9-21(10-13)11-15(22)20-8-7-12-4-2-6-14(17)16(12)18/h2,4,6,13,19H,3,5,7-11H2,1H3,(H,20,22). The second-order valence-electron chi connectivity index (χ2n) is 5.68. The van der Waals surface area contributed by atoms with Crippen molar-refractivity contribution in [2.45, 2.75) is 25.3 Å². The fourth-order valence-corrected chi connectivity index (χ4v) is 3.19. The van der Waals surface area contributed by atoms with E-state index in [1.807, 2.05) is 19.2 Å². The maximum atomic E-state index is 12.0. The smallest absolute Gasteiger partial charge is 0.234 e. The molecule has 22 heavy (non-hydrogen) atoms. The lowest BCUT2D eigenvalue weighted by Crippen LogP contribution is -2.48. The van der Waals surface area contributed by atoms with Crippen LogP contribution in [-0.4, -0.2) is 50.1 Å². The maximum Gasteiger partial charge on any atom is 0.234 e. The van der Waals surface area contributed by atoms with Crippen LogP contribution in [0.15, 0.2) is 18.2 Å². The Kier molecular flexibility index (Phi) is 6.96. The Morgan fingerprint density at radius 1 is 1.41 bits per heavy atom. The first-order valence-corrected chi connectivity index (χ1v) is 8.45. The lowest BCUT2D eigenvalue weighted by atomic mass is 10.1. The van der Waals surface area contributed by atoms with Crippen LogP contribution in [0, 0.1) is 0 Å². The third-order valence-electron chi connectivity index (χ3n) is 4.03. The van der Waals surface area contributed by atoms with E-state index in [-0.39, 0.29) is 5.91 Å². The Labute approximate surface area is 142 Å². The number of nitrogens with zero attached hydrogens (tertiary/aromatic N) is 1. The number of benzene rings is 1. The minimum atomic E-state index is 0.0647. The van der Waals surface area contributed by atoms with Crippen LogP contribution in [0.25, 0.3) is 0 Å². The average Bonchev–Trinajstić information content (AvgIpc) is 2.51. The van der Waals surface area contributed by atoms with E-state index in [9.17, 15) is 4.79 Å². The number of piperidine rings is 1. The van der Waals surface area contributed by atoms with Crippen LogP contribution in [0.1, 0.15) is 18.4 Å². The average molecular weight is 344 g/mol. The first-order chi connectivity index (χ1) is 10.6. The molecule has 0 aromatic heterocycles. The number of hydrogen-bond acceptors (Lipinski definition) is 3. The number of nitrogens with one attached hydrogen (secondary N) is 2. The van der Waals surface area contributed by atoms with Crippen molar-refractivity contribution in [1.29, 1.82) is 0 Å². The van der Waals surface area contributed by atoms with Crippen molar-refractivity contribution >= 4 is 29.1 Å². The number of likely N-dealkylation sites (tertiary alicyclic amines) is 1. The summed E-state index contributed by atoms with van der Waals surface area (Å²) in [5, 5.41) is 7.37. The Morgan fingerprint density at radius 3 is 3.00 bits per heavy atom. The number of rotatable bonds is 6. The van der Waals surface area contributed by atoms with Gasteiger partial charge in [-0.1, -0.05) is 35.3 Å². The Morgan fingerprint density at radius 2 is 2.23 bits per heavy atom. The van der Waals surface area contributed by atoms with Gasteiger partial charge in [-0.15, -0.1) is 0 Å². The zero-order valence-electron chi connectivity index (χ0n) is 12.9. The summed E-state index contributed by atoms with van der Waals surface area (Å²) >= 11 is 12.1. The third kappa shape index (κ3) is 5.13. The summed E-state index contributed by atoms with van der Waals surface area (Å²) in [4.78, 5) is 14.2. The highest BCUT2D eigenvalue weighted by Crippen LogP contribution is 2.25. The maximum absolute atomic E-state index is 12.0. The van der Waals surface area contributed by atoms with E-state index in [2.05, 4.69) is 15.5 Å².